The second kappa shape index (κ2) is 9.32. The summed E-state index contributed by atoms with van der Waals surface area (Å²) in [6.07, 6.45) is 1.62. The van der Waals surface area contributed by atoms with Gasteiger partial charge >= 0.3 is 0 Å². The summed E-state index contributed by atoms with van der Waals surface area (Å²) in [5, 5.41) is 12.2. The Morgan fingerprint density at radius 1 is 1.00 bits per heavy atom. The normalized spacial score (nSPS) is 17.9. The maximum absolute atomic E-state index is 13.0. The Balaban J connectivity index is 2.03. The number of rotatable bonds is 8. The SMILES string of the molecule is CC(C)(C)[S@@+]([O-])NC(CO[Si](c1ccccc1)(c1ccccc1)C(C)(C)C)C1(C#N)CC1. The van der Waals surface area contributed by atoms with Crippen LogP contribution in [0, 0.1) is 16.7 Å². The van der Waals surface area contributed by atoms with Crippen LogP contribution in [0.4, 0.5) is 0 Å². The van der Waals surface area contributed by atoms with Gasteiger partial charge in [0.15, 0.2) is 0 Å². The summed E-state index contributed by atoms with van der Waals surface area (Å²) in [6.45, 7) is 12.9. The van der Waals surface area contributed by atoms with Crippen LogP contribution in [0.5, 0.6) is 0 Å². The second-order valence-corrected chi connectivity index (χ2v) is 17.1. The van der Waals surface area contributed by atoms with Gasteiger partial charge in [-0.1, -0.05) is 81.4 Å². The van der Waals surface area contributed by atoms with Gasteiger partial charge in [-0.2, -0.15) is 5.26 Å². The predicted octanol–water partition coefficient (Wildman–Crippen LogP) is 4.29. The highest BCUT2D eigenvalue weighted by Crippen LogP contribution is 2.49. The van der Waals surface area contributed by atoms with Crippen molar-refractivity contribution in [1.82, 2.24) is 4.72 Å². The molecule has 0 aliphatic heterocycles. The monoisotopic (exact) mass is 468 g/mol. The zero-order valence-electron chi connectivity index (χ0n) is 20.1. The van der Waals surface area contributed by atoms with Crippen LogP contribution in [-0.2, 0) is 15.8 Å². The van der Waals surface area contributed by atoms with E-state index in [1.165, 1.54) is 10.4 Å². The number of hydrogen-bond acceptors (Lipinski definition) is 4. The minimum atomic E-state index is -2.72. The zero-order chi connectivity index (χ0) is 23.6. The molecule has 1 N–H and O–H groups in total. The molecule has 0 amide bonds. The highest BCUT2D eigenvalue weighted by Gasteiger charge is 2.56. The highest BCUT2D eigenvalue weighted by atomic mass is 32.2. The smallest absolute Gasteiger partial charge is 0.261 e. The number of hydrogen-bond donors (Lipinski definition) is 1. The van der Waals surface area contributed by atoms with Crippen LogP contribution in [0.2, 0.25) is 5.04 Å². The van der Waals surface area contributed by atoms with Gasteiger partial charge in [-0.3, -0.25) is 0 Å². The van der Waals surface area contributed by atoms with Gasteiger partial charge in [0.05, 0.1) is 24.1 Å². The summed E-state index contributed by atoms with van der Waals surface area (Å²) in [5.74, 6) is 0. The molecule has 0 bridgehead atoms. The van der Waals surface area contributed by atoms with Crippen LogP contribution >= 0.6 is 0 Å². The van der Waals surface area contributed by atoms with E-state index in [0.29, 0.717) is 6.61 Å². The third-order valence-electron chi connectivity index (χ3n) is 6.37. The molecule has 1 saturated carbocycles. The molecule has 2 aromatic carbocycles. The summed E-state index contributed by atoms with van der Waals surface area (Å²) in [7, 11) is -2.72. The highest BCUT2D eigenvalue weighted by molar-refractivity contribution is 7.90. The van der Waals surface area contributed by atoms with Gasteiger partial charge in [0.25, 0.3) is 8.32 Å². The molecule has 0 heterocycles. The Kier molecular flexibility index (Phi) is 7.28. The van der Waals surface area contributed by atoms with E-state index in [1.807, 2.05) is 32.9 Å². The fourth-order valence-corrected chi connectivity index (χ4v) is 9.73. The van der Waals surface area contributed by atoms with E-state index in [2.05, 4.69) is 80.1 Å². The van der Waals surface area contributed by atoms with Crippen molar-refractivity contribution in [3.63, 3.8) is 0 Å². The molecule has 0 radical (unpaired) electrons. The lowest BCUT2D eigenvalue weighted by atomic mass is 10.0. The van der Waals surface area contributed by atoms with Crippen molar-refractivity contribution < 1.29 is 8.98 Å². The average molecular weight is 469 g/mol. The van der Waals surface area contributed by atoms with Crippen molar-refractivity contribution in [2.75, 3.05) is 6.61 Å². The van der Waals surface area contributed by atoms with Gasteiger partial charge in [0.1, 0.15) is 4.75 Å². The molecule has 2 atom stereocenters. The molecule has 6 heteroatoms. The lowest BCUT2D eigenvalue weighted by Crippen LogP contribution is -2.67. The topological polar surface area (TPSA) is 68.1 Å². The summed E-state index contributed by atoms with van der Waals surface area (Å²) in [4.78, 5) is 0. The van der Waals surface area contributed by atoms with Gasteiger partial charge in [-0.25, -0.2) is 0 Å². The summed E-state index contributed by atoms with van der Waals surface area (Å²) in [5.41, 5.74) is -0.508. The van der Waals surface area contributed by atoms with E-state index < -0.39 is 29.8 Å². The number of nitrogens with one attached hydrogen (secondary N) is 1. The molecule has 1 aliphatic rings. The van der Waals surface area contributed by atoms with Crippen molar-refractivity contribution in [2.45, 2.75) is 70.2 Å². The molecule has 32 heavy (non-hydrogen) atoms. The zero-order valence-corrected chi connectivity index (χ0v) is 22.0. The van der Waals surface area contributed by atoms with E-state index in [4.69, 9.17) is 4.43 Å². The maximum Gasteiger partial charge on any atom is 0.261 e. The predicted molar refractivity (Wildman–Crippen MR) is 136 cm³/mol. The minimum Gasteiger partial charge on any atom is -0.598 e. The average Bonchev–Trinajstić information content (AvgIpc) is 3.54. The van der Waals surface area contributed by atoms with Crippen molar-refractivity contribution in [3.05, 3.63) is 60.7 Å². The molecule has 1 fully saturated rings. The first kappa shape index (κ1) is 25.0. The van der Waals surface area contributed by atoms with Crippen molar-refractivity contribution >= 4 is 30.1 Å². The molecule has 2 aromatic rings. The third kappa shape index (κ3) is 4.98. The minimum absolute atomic E-state index is 0.146. The third-order valence-corrected chi connectivity index (χ3v) is 13.0. The Labute approximate surface area is 197 Å². The van der Waals surface area contributed by atoms with Crippen molar-refractivity contribution in [2.24, 2.45) is 5.41 Å². The van der Waals surface area contributed by atoms with E-state index in [1.54, 1.807) is 0 Å². The lowest BCUT2D eigenvalue weighted by Gasteiger charge is -2.44. The first-order chi connectivity index (χ1) is 15.0. The first-order valence-corrected chi connectivity index (χ1v) is 14.4. The van der Waals surface area contributed by atoms with Crippen LogP contribution in [-0.4, -0.2) is 30.3 Å². The quantitative estimate of drug-likeness (QED) is 0.464. The molecule has 4 nitrogen and oxygen atoms in total. The van der Waals surface area contributed by atoms with E-state index >= 15 is 0 Å². The largest absolute Gasteiger partial charge is 0.598 e. The molecule has 1 aliphatic carbocycles. The maximum atomic E-state index is 13.0. The Morgan fingerprint density at radius 3 is 1.81 bits per heavy atom. The van der Waals surface area contributed by atoms with Crippen LogP contribution in [0.25, 0.3) is 0 Å². The molecule has 172 valence electrons. The van der Waals surface area contributed by atoms with Gasteiger partial charge in [0, 0.05) is 11.4 Å². The first-order valence-electron chi connectivity index (χ1n) is 11.3. The Hall–Kier alpha value is -1.62. The fourth-order valence-electron chi connectivity index (χ4n) is 4.26. The molecular formula is C26H36N2O2SSi. The second-order valence-electron chi connectivity index (χ2n) is 10.8. The summed E-state index contributed by atoms with van der Waals surface area (Å²) >= 11 is -1.28. The molecule has 0 spiro atoms. The van der Waals surface area contributed by atoms with Crippen LogP contribution < -0.4 is 15.1 Å². The van der Waals surface area contributed by atoms with Gasteiger partial charge in [-0.05, 0) is 49.0 Å². The standard InChI is InChI=1S/C26H36N2O2SSi/c1-24(2,3)31(29)28-23(26(20-27)17-18-26)19-30-32(25(4,5)6,21-13-9-7-10-14-21)22-15-11-8-12-16-22/h7-16,23,28H,17-19H2,1-6H3/t23?,31-/m1/s1. The van der Waals surface area contributed by atoms with Crippen LogP contribution in [0.3, 0.4) is 0 Å². The Morgan fingerprint density at radius 2 is 1.47 bits per heavy atom. The van der Waals surface area contributed by atoms with Crippen LogP contribution in [0.15, 0.2) is 60.7 Å². The van der Waals surface area contributed by atoms with E-state index in [9.17, 15) is 9.81 Å². The lowest BCUT2D eigenvalue weighted by molar-refractivity contribution is 0.232. The molecule has 1 unspecified atom stereocenters. The van der Waals surface area contributed by atoms with Gasteiger partial charge < -0.3 is 8.98 Å². The number of benzene rings is 2. The molecule has 0 saturated heterocycles. The Bertz CT molecular complexity index is 889. The molecule has 3 rings (SSSR count). The fraction of sp³-hybridized carbons (Fsp3) is 0.500. The van der Waals surface area contributed by atoms with E-state index in [0.717, 1.165) is 12.8 Å². The molecular weight excluding hydrogens is 432 g/mol. The van der Waals surface area contributed by atoms with Crippen molar-refractivity contribution in [3.8, 4) is 6.07 Å². The molecule has 0 aromatic heterocycles. The summed E-state index contributed by atoms with van der Waals surface area (Å²) < 4.78 is 22.9. The summed E-state index contributed by atoms with van der Waals surface area (Å²) in [6, 6.07) is 23.2. The van der Waals surface area contributed by atoms with Crippen molar-refractivity contribution in [1.29, 1.82) is 5.26 Å². The number of nitrogens with zero attached hydrogens (tertiary/aromatic N) is 1. The van der Waals surface area contributed by atoms with Gasteiger partial charge in [-0.15, -0.1) is 4.72 Å². The van der Waals surface area contributed by atoms with Gasteiger partial charge in [0.2, 0.25) is 0 Å². The number of nitriles is 1. The van der Waals surface area contributed by atoms with Crippen LogP contribution in [0.1, 0.15) is 54.4 Å². The van der Waals surface area contributed by atoms with E-state index in [-0.39, 0.29) is 11.1 Å².